The summed E-state index contributed by atoms with van der Waals surface area (Å²) in [7, 11) is 2.19. The van der Waals surface area contributed by atoms with Gasteiger partial charge in [0.2, 0.25) is 0 Å². The van der Waals surface area contributed by atoms with Crippen LogP contribution in [0.5, 0.6) is 0 Å². The van der Waals surface area contributed by atoms with Crippen LogP contribution in [0.4, 0.5) is 0 Å². The highest BCUT2D eigenvalue weighted by Gasteiger charge is 2.16. The van der Waals surface area contributed by atoms with Crippen LogP contribution in [0.3, 0.4) is 0 Å². The Morgan fingerprint density at radius 1 is 0.892 bits per heavy atom. The Hall–Kier alpha value is -3.99. The van der Waals surface area contributed by atoms with E-state index in [9.17, 15) is 0 Å². The lowest BCUT2D eigenvalue weighted by Gasteiger charge is -2.32. The van der Waals surface area contributed by atoms with Gasteiger partial charge in [-0.3, -0.25) is 4.90 Å². The number of piperazine rings is 1. The van der Waals surface area contributed by atoms with Gasteiger partial charge in [-0.1, -0.05) is 46.8 Å². The molecule has 1 aliphatic rings. The Labute approximate surface area is 216 Å². The fourth-order valence-corrected chi connectivity index (χ4v) is 5.09. The highest BCUT2D eigenvalue weighted by atomic mass is 16.5. The topological polar surface area (TPSA) is 74.1 Å². The predicted octanol–water partition coefficient (Wildman–Crippen LogP) is 4.45. The van der Waals surface area contributed by atoms with Gasteiger partial charge in [-0.2, -0.15) is 15.4 Å². The van der Waals surface area contributed by atoms with Gasteiger partial charge >= 0.3 is 0 Å². The smallest absolute Gasteiger partial charge is 0.183 e. The lowest BCUT2D eigenvalue weighted by Crippen LogP contribution is -2.43. The van der Waals surface area contributed by atoms with Gasteiger partial charge < -0.3 is 9.42 Å². The molecule has 37 heavy (non-hydrogen) atoms. The summed E-state index contributed by atoms with van der Waals surface area (Å²) < 4.78 is 5.88. The van der Waals surface area contributed by atoms with E-state index in [1.807, 2.05) is 18.2 Å². The number of H-pyrrole nitrogens is 1. The minimum atomic E-state index is 0.725. The van der Waals surface area contributed by atoms with Crippen molar-refractivity contribution in [2.45, 2.75) is 26.8 Å². The average molecular weight is 491 g/mol. The maximum atomic E-state index is 5.88. The molecule has 2 aromatic heterocycles. The number of aryl methyl sites for hydroxylation is 2. The largest absolute Gasteiger partial charge is 0.355 e. The summed E-state index contributed by atoms with van der Waals surface area (Å²) in [5.74, 6) is 6.59. The number of hydrogen-bond acceptors (Lipinski definition) is 6. The number of likely N-dealkylation sites (N-methyl/N-ethyl adjacent to an activating group) is 1. The minimum Gasteiger partial charge on any atom is -0.355 e. The molecule has 1 aliphatic heterocycles. The molecule has 0 spiro atoms. The summed E-state index contributed by atoms with van der Waals surface area (Å²) in [6.45, 7) is 9.70. The lowest BCUT2D eigenvalue weighted by atomic mass is 9.99. The SMILES string of the molecule is Cc1cc(Cc2noc3c(C#Cc4ccc5n[nH]nc5c4)c(C)ccc23)cc(CN2CCN(C)CC2)c1. The standard InChI is InChI=1S/C30H30N6O/c1-20-14-23(16-24(15-20)19-36-12-10-35(3)11-13-36)18-28-26-7-4-21(2)25(30(26)37-33-28)8-5-22-6-9-27-29(17-22)32-34-31-27/h4,6-7,9,14-17H,10-13,18-19H2,1-3H3,(H,31,32,34). The van der Waals surface area contributed by atoms with E-state index >= 15 is 0 Å². The summed E-state index contributed by atoms with van der Waals surface area (Å²) in [6, 6.07) is 16.9. The Kier molecular flexibility index (Phi) is 6.21. The molecular weight excluding hydrogens is 460 g/mol. The van der Waals surface area contributed by atoms with Crippen LogP contribution in [-0.2, 0) is 13.0 Å². The second-order valence-corrected chi connectivity index (χ2v) is 10.1. The maximum absolute atomic E-state index is 5.88. The number of fused-ring (bicyclic) bond motifs is 2. The lowest BCUT2D eigenvalue weighted by molar-refractivity contribution is 0.148. The molecule has 186 valence electrons. The monoisotopic (exact) mass is 490 g/mol. The zero-order valence-corrected chi connectivity index (χ0v) is 21.5. The highest BCUT2D eigenvalue weighted by Crippen LogP contribution is 2.27. The van der Waals surface area contributed by atoms with Crippen molar-refractivity contribution in [1.29, 1.82) is 0 Å². The molecule has 0 atom stereocenters. The zero-order chi connectivity index (χ0) is 25.4. The van der Waals surface area contributed by atoms with Crippen LogP contribution in [-0.4, -0.2) is 63.6 Å². The summed E-state index contributed by atoms with van der Waals surface area (Å²) in [4.78, 5) is 4.93. The van der Waals surface area contributed by atoms with Gasteiger partial charge in [-0.25, -0.2) is 0 Å². The van der Waals surface area contributed by atoms with Crippen LogP contribution in [0.25, 0.3) is 22.0 Å². The summed E-state index contributed by atoms with van der Waals surface area (Å²) in [5, 5.41) is 16.4. The third kappa shape index (κ3) is 4.99. The summed E-state index contributed by atoms with van der Waals surface area (Å²) in [5.41, 5.74) is 10.0. The van der Waals surface area contributed by atoms with Crippen LogP contribution >= 0.6 is 0 Å². The van der Waals surface area contributed by atoms with E-state index < -0.39 is 0 Å². The number of nitrogens with zero attached hydrogens (tertiary/aromatic N) is 5. The first-order chi connectivity index (χ1) is 18.0. The number of hydrogen-bond donors (Lipinski definition) is 1. The molecule has 5 aromatic rings. The normalized spacial score (nSPS) is 14.8. The Morgan fingerprint density at radius 2 is 1.70 bits per heavy atom. The Bertz CT molecular complexity index is 1650. The van der Waals surface area contributed by atoms with Crippen LogP contribution < -0.4 is 0 Å². The molecule has 1 fully saturated rings. The third-order valence-corrected chi connectivity index (χ3v) is 7.14. The summed E-state index contributed by atoms with van der Waals surface area (Å²) >= 11 is 0. The van der Waals surface area contributed by atoms with E-state index in [2.05, 4.69) is 93.4 Å². The van der Waals surface area contributed by atoms with E-state index in [0.717, 1.165) is 83.5 Å². The number of benzene rings is 3. The third-order valence-electron chi connectivity index (χ3n) is 7.14. The van der Waals surface area contributed by atoms with Crippen molar-refractivity contribution < 1.29 is 4.52 Å². The molecule has 1 N–H and O–H groups in total. The fourth-order valence-electron chi connectivity index (χ4n) is 5.09. The van der Waals surface area contributed by atoms with Crippen LogP contribution in [0.15, 0.2) is 53.1 Å². The van der Waals surface area contributed by atoms with E-state index in [1.54, 1.807) is 0 Å². The van der Waals surface area contributed by atoms with Crippen LogP contribution in [0, 0.1) is 25.7 Å². The van der Waals surface area contributed by atoms with Gasteiger partial charge in [0.25, 0.3) is 0 Å². The maximum Gasteiger partial charge on any atom is 0.183 e. The first-order valence-electron chi connectivity index (χ1n) is 12.7. The van der Waals surface area contributed by atoms with Crippen molar-refractivity contribution in [3.8, 4) is 11.8 Å². The first kappa shape index (κ1) is 23.4. The Morgan fingerprint density at radius 3 is 2.57 bits per heavy atom. The van der Waals surface area contributed by atoms with Gasteiger partial charge in [0, 0.05) is 50.1 Å². The minimum absolute atomic E-state index is 0.725. The van der Waals surface area contributed by atoms with Crippen molar-refractivity contribution in [3.05, 3.63) is 87.6 Å². The van der Waals surface area contributed by atoms with Gasteiger partial charge in [0.05, 0.1) is 11.3 Å². The number of nitrogens with one attached hydrogen (secondary N) is 1. The van der Waals surface area contributed by atoms with Gasteiger partial charge in [0.15, 0.2) is 5.58 Å². The highest BCUT2D eigenvalue weighted by molar-refractivity contribution is 5.86. The number of aromatic nitrogens is 4. The fraction of sp³-hybridized carbons (Fsp3) is 0.300. The van der Waals surface area contributed by atoms with Gasteiger partial charge in [0.1, 0.15) is 11.0 Å². The molecule has 3 aromatic carbocycles. The second-order valence-electron chi connectivity index (χ2n) is 10.1. The molecule has 0 unspecified atom stereocenters. The van der Waals surface area contributed by atoms with Crippen molar-refractivity contribution >= 4 is 22.0 Å². The molecule has 0 radical (unpaired) electrons. The first-order valence-corrected chi connectivity index (χ1v) is 12.7. The average Bonchev–Trinajstić information content (AvgIpc) is 3.51. The van der Waals surface area contributed by atoms with Crippen molar-refractivity contribution in [2.75, 3.05) is 33.2 Å². The molecule has 0 aliphatic carbocycles. The van der Waals surface area contributed by atoms with Crippen molar-refractivity contribution in [2.24, 2.45) is 0 Å². The molecule has 0 amide bonds. The van der Waals surface area contributed by atoms with E-state index in [1.165, 1.54) is 16.7 Å². The molecule has 7 nitrogen and oxygen atoms in total. The molecule has 6 rings (SSSR count). The van der Waals surface area contributed by atoms with E-state index in [0.29, 0.717) is 0 Å². The van der Waals surface area contributed by atoms with E-state index in [-0.39, 0.29) is 0 Å². The van der Waals surface area contributed by atoms with E-state index in [4.69, 9.17) is 4.52 Å². The number of aromatic amines is 1. The Balaban J connectivity index is 1.27. The molecular formula is C30H30N6O. The van der Waals surface area contributed by atoms with Crippen LogP contribution in [0.1, 0.15) is 39.1 Å². The number of rotatable bonds is 4. The zero-order valence-electron chi connectivity index (χ0n) is 21.5. The summed E-state index contributed by atoms with van der Waals surface area (Å²) in [6.07, 6.45) is 0.725. The van der Waals surface area contributed by atoms with Gasteiger partial charge in [-0.05, 0) is 61.9 Å². The molecule has 7 heteroatoms. The van der Waals surface area contributed by atoms with Gasteiger partial charge in [-0.15, -0.1) is 0 Å². The molecule has 0 bridgehead atoms. The quantitative estimate of drug-likeness (QED) is 0.375. The molecule has 0 saturated carbocycles. The molecule has 3 heterocycles. The van der Waals surface area contributed by atoms with Crippen molar-refractivity contribution in [1.82, 2.24) is 30.4 Å². The second kappa shape index (κ2) is 9.81. The molecule has 1 saturated heterocycles. The van der Waals surface area contributed by atoms with Crippen LogP contribution in [0.2, 0.25) is 0 Å². The van der Waals surface area contributed by atoms with Crippen molar-refractivity contribution in [3.63, 3.8) is 0 Å². The predicted molar refractivity (Wildman–Crippen MR) is 145 cm³/mol.